The van der Waals surface area contributed by atoms with Gasteiger partial charge in [0.1, 0.15) is 5.75 Å². The van der Waals surface area contributed by atoms with Crippen molar-refractivity contribution in [3.05, 3.63) is 45.8 Å². The van der Waals surface area contributed by atoms with Gasteiger partial charge in [0.2, 0.25) is 0 Å². The van der Waals surface area contributed by atoms with E-state index in [-0.39, 0.29) is 17.7 Å². The van der Waals surface area contributed by atoms with Crippen LogP contribution in [0.3, 0.4) is 0 Å². The van der Waals surface area contributed by atoms with E-state index in [9.17, 15) is 9.59 Å². The Morgan fingerprint density at radius 2 is 1.96 bits per heavy atom. The monoisotopic (exact) mass is 331 g/mol. The SMILES string of the molecule is COC(=O)C1Cc2sc(N)c(C(=O)c3ccccc3OC)c2C1. The molecule has 1 aliphatic rings. The van der Waals surface area contributed by atoms with Crippen LogP contribution in [0, 0.1) is 5.92 Å². The fraction of sp³-hybridized carbons (Fsp3) is 0.294. The van der Waals surface area contributed by atoms with Crippen molar-refractivity contribution in [2.24, 2.45) is 5.92 Å². The maximum Gasteiger partial charge on any atom is 0.309 e. The van der Waals surface area contributed by atoms with Gasteiger partial charge in [-0.15, -0.1) is 11.3 Å². The van der Waals surface area contributed by atoms with Crippen molar-refractivity contribution >= 4 is 28.1 Å². The Balaban J connectivity index is 2.00. The molecule has 1 aromatic carbocycles. The molecule has 2 aromatic rings. The van der Waals surface area contributed by atoms with Crippen molar-refractivity contribution in [2.45, 2.75) is 12.8 Å². The number of carbonyl (C=O) groups excluding carboxylic acids is 2. The highest BCUT2D eigenvalue weighted by molar-refractivity contribution is 7.16. The van der Waals surface area contributed by atoms with Gasteiger partial charge in [0.15, 0.2) is 5.78 Å². The number of ether oxygens (including phenoxy) is 2. The molecule has 5 nitrogen and oxygen atoms in total. The number of anilines is 1. The number of thiophene rings is 1. The topological polar surface area (TPSA) is 78.6 Å². The van der Waals surface area contributed by atoms with E-state index >= 15 is 0 Å². The largest absolute Gasteiger partial charge is 0.496 e. The first-order chi connectivity index (χ1) is 11.1. The molecule has 1 aliphatic carbocycles. The highest BCUT2D eigenvalue weighted by Gasteiger charge is 2.35. The van der Waals surface area contributed by atoms with E-state index in [4.69, 9.17) is 15.2 Å². The molecule has 1 aromatic heterocycles. The van der Waals surface area contributed by atoms with Gasteiger partial charge >= 0.3 is 5.97 Å². The molecular weight excluding hydrogens is 314 g/mol. The Labute approximate surface area is 138 Å². The zero-order chi connectivity index (χ0) is 16.6. The van der Waals surface area contributed by atoms with Crippen LogP contribution in [-0.4, -0.2) is 26.0 Å². The lowest BCUT2D eigenvalue weighted by Gasteiger charge is -2.09. The summed E-state index contributed by atoms with van der Waals surface area (Å²) in [5.74, 6) is -0.129. The predicted molar refractivity (Wildman–Crippen MR) is 88.1 cm³/mol. The van der Waals surface area contributed by atoms with Gasteiger partial charge in [0.25, 0.3) is 0 Å². The summed E-state index contributed by atoms with van der Waals surface area (Å²) in [7, 11) is 2.91. The lowest BCUT2D eigenvalue weighted by molar-refractivity contribution is -0.145. The van der Waals surface area contributed by atoms with Crippen LogP contribution in [0.5, 0.6) is 5.75 Å². The number of para-hydroxylation sites is 1. The molecule has 0 aliphatic heterocycles. The standard InChI is InChI=1S/C17H17NO4S/c1-21-12-6-4-3-5-10(12)15(19)14-11-7-9(17(20)22-2)8-13(11)23-16(14)18/h3-6,9H,7-8,18H2,1-2H3. The van der Waals surface area contributed by atoms with Crippen LogP contribution in [0.25, 0.3) is 0 Å². The average Bonchev–Trinajstić information content (AvgIpc) is 3.09. The zero-order valence-electron chi connectivity index (χ0n) is 12.9. The first-order valence-electron chi connectivity index (χ1n) is 7.22. The number of carbonyl (C=O) groups is 2. The summed E-state index contributed by atoms with van der Waals surface area (Å²) in [6.07, 6.45) is 1.07. The Morgan fingerprint density at radius 1 is 1.22 bits per heavy atom. The molecule has 3 rings (SSSR count). The second-order valence-corrected chi connectivity index (χ2v) is 6.54. The van der Waals surface area contributed by atoms with E-state index < -0.39 is 0 Å². The van der Waals surface area contributed by atoms with Crippen LogP contribution < -0.4 is 10.5 Å². The summed E-state index contributed by atoms with van der Waals surface area (Å²) >= 11 is 1.38. The van der Waals surface area contributed by atoms with Crippen molar-refractivity contribution in [3.63, 3.8) is 0 Å². The van der Waals surface area contributed by atoms with Gasteiger partial charge in [-0.25, -0.2) is 0 Å². The van der Waals surface area contributed by atoms with Gasteiger partial charge in [-0.2, -0.15) is 0 Å². The number of rotatable bonds is 4. The van der Waals surface area contributed by atoms with E-state index in [2.05, 4.69) is 0 Å². The van der Waals surface area contributed by atoms with Crippen LogP contribution in [0.4, 0.5) is 5.00 Å². The first kappa shape index (κ1) is 15.6. The van der Waals surface area contributed by atoms with Gasteiger partial charge in [0, 0.05) is 4.88 Å². The van der Waals surface area contributed by atoms with Crippen molar-refractivity contribution in [3.8, 4) is 5.75 Å². The molecule has 0 amide bonds. The van der Waals surface area contributed by atoms with Gasteiger partial charge < -0.3 is 15.2 Å². The van der Waals surface area contributed by atoms with Crippen molar-refractivity contribution < 1.29 is 19.1 Å². The Kier molecular flexibility index (Phi) is 4.09. The average molecular weight is 331 g/mol. The highest BCUT2D eigenvalue weighted by Crippen LogP contribution is 2.41. The third kappa shape index (κ3) is 2.59. The minimum absolute atomic E-state index is 0.164. The van der Waals surface area contributed by atoms with Gasteiger partial charge in [-0.1, -0.05) is 12.1 Å². The summed E-state index contributed by atoms with van der Waals surface area (Å²) in [6, 6.07) is 7.06. The molecule has 6 heteroatoms. The van der Waals surface area contributed by atoms with E-state index in [1.54, 1.807) is 18.2 Å². The number of hydrogen-bond acceptors (Lipinski definition) is 6. The maximum absolute atomic E-state index is 12.9. The lowest BCUT2D eigenvalue weighted by Crippen LogP contribution is -2.17. The summed E-state index contributed by atoms with van der Waals surface area (Å²) in [4.78, 5) is 25.7. The van der Waals surface area contributed by atoms with E-state index in [0.29, 0.717) is 34.7 Å². The van der Waals surface area contributed by atoms with Gasteiger partial charge in [0.05, 0.1) is 36.3 Å². The third-order valence-electron chi connectivity index (χ3n) is 4.11. The molecule has 0 saturated heterocycles. The number of fused-ring (bicyclic) bond motifs is 1. The minimum Gasteiger partial charge on any atom is -0.496 e. The summed E-state index contributed by atoms with van der Waals surface area (Å²) < 4.78 is 10.1. The van der Waals surface area contributed by atoms with E-state index in [0.717, 1.165) is 10.4 Å². The fourth-order valence-corrected chi connectivity index (χ4v) is 4.18. The molecule has 2 N–H and O–H groups in total. The van der Waals surface area contributed by atoms with Crippen LogP contribution in [0.15, 0.2) is 24.3 Å². The molecule has 1 unspecified atom stereocenters. The maximum atomic E-state index is 12.9. The summed E-state index contributed by atoms with van der Waals surface area (Å²) in [6.45, 7) is 0. The molecule has 0 spiro atoms. The highest BCUT2D eigenvalue weighted by atomic mass is 32.1. The number of nitrogen functional groups attached to an aromatic ring is 1. The smallest absolute Gasteiger partial charge is 0.309 e. The lowest BCUT2D eigenvalue weighted by atomic mass is 9.98. The predicted octanol–water partition coefficient (Wildman–Crippen LogP) is 2.46. The molecule has 120 valence electrons. The number of ketones is 1. The Morgan fingerprint density at radius 3 is 2.65 bits per heavy atom. The number of benzene rings is 1. The number of esters is 1. The van der Waals surface area contributed by atoms with Crippen LogP contribution in [0.1, 0.15) is 26.4 Å². The third-order valence-corrected chi connectivity index (χ3v) is 5.20. The van der Waals surface area contributed by atoms with Gasteiger partial charge in [-0.05, 0) is 30.5 Å². The molecule has 0 radical (unpaired) electrons. The Hall–Kier alpha value is -2.34. The zero-order valence-corrected chi connectivity index (χ0v) is 13.7. The molecule has 1 atom stereocenters. The van der Waals surface area contributed by atoms with E-state index in [1.807, 2.05) is 6.07 Å². The van der Waals surface area contributed by atoms with Crippen LogP contribution >= 0.6 is 11.3 Å². The Bertz CT molecular complexity index is 781. The van der Waals surface area contributed by atoms with Crippen molar-refractivity contribution in [2.75, 3.05) is 20.0 Å². The van der Waals surface area contributed by atoms with Gasteiger partial charge in [-0.3, -0.25) is 9.59 Å². The van der Waals surface area contributed by atoms with Crippen molar-refractivity contribution in [1.82, 2.24) is 0 Å². The van der Waals surface area contributed by atoms with Crippen molar-refractivity contribution in [1.29, 1.82) is 0 Å². The summed E-state index contributed by atoms with van der Waals surface area (Å²) in [5.41, 5.74) is 7.93. The molecular formula is C17H17NO4S. The molecule has 1 heterocycles. The number of hydrogen-bond donors (Lipinski definition) is 1. The fourth-order valence-electron chi connectivity index (χ4n) is 3.01. The molecule has 0 bridgehead atoms. The van der Waals surface area contributed by atoms with Crippen LogP contribution in [-0.2, 0) is 22.4 Å². The summed E-state index contributed by atoms with van der Waals surface area (Å²) in [5, 5.41) is 0.495. The second-order valence-electron chi connectivity index (χ2n) is 5.40. The number of methoxy groups -OCH3 is 2. The normalized spacial score (nSPS) is 16.0. The molecule has 0 fully saturated rings. The quantitative estimate of drug-likeness (QED) is 0.688. The molecule has 23 heavy (non-hydrogen) atoms. The minimum atomic E-state index is -0.248. The molecule has 0 saturated carbocycles. The van der Waals surface area contributed by atoms with Crippen LogP contribution in [0.2, 0.25) is 0 Å². The van der Waals surface area contributed by atoms with E-state index in [1.165, 1.54) is 25.6 Å². The second kappa shape index (κ2) is 6.04. The number of nitrogens with two attached hydrogens (primary N) is 1. The first-order valence-corrected chi connectivity index (χ1v) is 8.04.